The molecule has 0 saturated carbocycles. The molecule has 0 aliphatic rings. The van der Waals surface area contributed by atoms with Gasteiger partial charge in [-0.15, -0.1) is 0 Å². The lowest BCUT2D eigenvalue weighted by Gasteiger charge is -2.00. The molecular formula is C11H18N2O3S. The summed E-state index contributed by atoms with van der Waals surface area (Å²) >= 11 is 1.83. The molecule has 0 saturated heterocycles. The molecule has 5 nitrogen and oxygen atoms in total. The van der Waals surface area contributed by atoms with Crippen LogP contribution in [0.15, 0.2) is 10.7 Å². The molecule has 0 unspecified atom stereocenters. The molecule has 0 aliphatic heterocycles. The minimum Gasteiger partial charge on any atom is -0.461 e. The summed E-state index contributed by atoms with van der Waals surface area (Å²) in [5, 5.41) is 3.03. The van der Waals surface area contributed by atoms with E-state index < -0.39 is 5.97 Å². The molecule has 96 valence electrons. The third kappa shape index (κ3) is 5.12. The summed E-state index contributed by atoms with van der Waals surface area (Å²) < 4.78 is 9.92. The first kappa shape index (κ1) is 13.9. The molecule has 1 aromatic rings. The molecule has 0 fully saturated rings. The fourth-order valence-electron chi connectivity index (χ4n) is 1.22. The van der Waals surface area contributed by atoms with Gasteiger partial charge in [-0.2, -0.15) is 16.7 Å². The van der Waals surface area contributed by atoms with Crippen molar-refractivity contribution in [3.63, 3.8) is 0 Å². The predicted molar refractivity (Wildman–Crippen MR) is 68.6 cm³/mol. The molecule has 6 heteroatoms. The Bertz CT molecular complexity index is 341. The summed E-state index contributed by atoms with van der Waals surface area (Å²) in [6.07, 6.45) is 5.60. The molecule has 1 N–H and O–H groups in total. The first-order valence-corrected chi connectivity index (χ1v) is 7.02. The lowest BCUT2D eigenvalue weighted by atomic mass is 10.3. The van der Waals surface area contributed by atoms with Crippen LogP contribution in [0.3, 0.4) is 0 Å². The van der Waals surface area contributed by atoms with Crippen LogP contribution in [0.25, 0.3) is 0 Å². The number of hydrogen-bond acceptors (Lipinski definition) is 6. The minimum atomic E-state index is -0.452. The van der Waals surface area contributed by atoms with Gasteiger partial charge in [0.2, 0.25) is 0 Å². The van der Waals surface area contributed by atoms with Gasteiger partial charge in [-0.05, 0) is 31.8 Å². The third-order valence-corrected chi connectivity index (χ3v) is 2.74. The predicted octanol–water partition coefficient (Wildman–Crippen LogP) is 2.41. The van der Waals surface area contributed by atoms with Gasteiger partial charge in [-0.25, -0.2) is 4.79 Å². The summed E-state index contributed by atoms with van der Waals surface area (Å²) in [6.45, 7) is 2.88. The Balaban J connectivity index is 2.28. The Kier molecular flexibility index (Phi) is 6.54. The van der Waals surface area contributed by atoms with E-state index in [1.165, 1.54) is 6.26 Å². The average Bonchev–Trinajstić information content (AvgIpc) is 2.78. The van der Waals surface area contributed by atoms with Crippen molar-refractivity contribution in [1.82, 2.24) is 4.98 Å². The van der Waals surface area contributed by atoms with Crippen LogP contribution in [0.1, 0.15) is 30.3 Å². The van der Waals surface area contributed by atoms with E-state index >= 15 is 0 Å². The van der Waals surface area contributed by atoms with E-state index in [0.29, 0.717) is 12.6 Å². The molecule has 17 heavy (non-hydrogen) atoms. The van der Waals surface area contributed by atoms with E-state index in [4.69, 9.17) is 9.15 Å². The van der Waals surface area contributed by atoms with E-state index in [9.17, 15) is 4.79 Å². The maximum atomic E-state index is 11.3. The zero-order valence-electron chi connectivity index (χ0n) is 10.2. The van der Waals surface area contributed by atoms with Crippen molar-refractivity contribution in [3.05, 3.63) is 12.0 Å². The van der Waals surface area contributed by atoms with Gasteiger partial charge in [-0.3, -0.25) is 0 Å². The Hall–Kier alpha value is -1.17. The molecule has 0 radical (unpaired) electrons. The number of carbonyl (C=O) groups excluding carboxylic acids is 1. The minimum absolute atomic E-state index is 0.207. The molecule has 1 heterocycles. The fraction of sp³-hybridized carbons (Fsp3) is 0.636. The van der Waals surface area contributed by atoms with Gasteiger partial charge >= 0.3 is 5.97 Å². The summed E-state index contributed by atoms with van der Waals surface area (Å²) in [5.74, 6) is 0.702. The monoisotopic (exact) mass is 258 g/mol. The van der Waals surface area contributed by atoms with Crippen molar-refractivity contribution >= 4 is 23.7 Å². The number of esters is 1. The van der Waals surface area contributed by atoms with E-state index in [2.05, 4.69) is 16.6 Å². The van der Waals surface area contributed by atoms with E-state index in [-0.39, 0.29) is 5.69 Å². The molecule has 0 spiro atoms. The van der Waals surface area contributed by atoms with Crippen LogP contribution in [-0.2, 0) is 4.74 Å². The van der Waals surface area contributed by atoms with Crippen molar-refractivity contribution < 1.29 is 13.9 Å². The fourth-order valence-corrected chi connectivity index (χ4v) is 1.71. The van der Waals surface area contributed by atoms with Gasteiger partial charge in [0.25, 0.3) is 6.01 Å². The van der Waals surface area contributed by atoms with Gasteiger partial charge in [0.15, 0.2) is 5.69 Å². The highest BCUT2D eigenvalue weighted by molar-refractivity contribution is 7.98. The number of thioether (sulfide) groups is 1. The van der Waals surface area contributed by atoms with Gasteiger partial charge in [0, 0.05) is 6.54 Å². The van der Waals surface area contributed by atoms with Crippen LogP contribution >= 0.6 is 11.8 Å². The number of hydrogen-bond donors (Lipinski definition) is 1. The summed E-state index contributed by atoms with van der Waals surface area (Å²) in [6, 6.07) is 0.372. The van der Waals surface area contributed by atoms with Gasteiger partial charge in [0.1, 0.15) is 6.26 Å². The normalized spacial score (nSPS) is 10.2. The van der Waals surface area contributed by atoms with Crippen LogP contribution in [0, 0.1) is 0 Å². The lowest BCUT2D eigenvalue weighted by molar-refractivity contribution is 0.0519. The van der Waals surface area contributed by atoms with Crippen LogP contribution in [-0.4, -0.2) is 36.1 Å². The zero-order chi connectivity index (χ0) is 12.5. The summed E-state index contributed by atoms with van der Waals surface area (Å²) in [4.78, 5) is 15.3. The number of anilines is 1. The topological polar surface area (TPSA) is 64.4 Å². The van der Waals surface area contributed by atoms with Crippen molar-refractivity contribution in [1.29, 1.82) is 0 Å². The van der Waals surface area contributed by atoms with E-state index in [1.807, 2.05) is 11.8 Å². The molecule has 1 rings (SSSR count). The Morgan fingerprint density at radius 2 is 2.41 bits per heavy atom. The van der Waals surface area contributed by atoms with Crippen molar-refractivity contribution in [2.45, 2.75) is 19.8 Å². The number of carbonyl (C=O) groups is 1. The second-order valence-electron chi connectivity index (χ2n) is 3.39. The maximum Gasteiger partial charge on any atom is 0.360 e. The van der Waals surface area contributed by atoms with Crippen LogP contribution < -0.4 is 5.32 Å². The van der Waals surface area contributed by atoms with Gasteiger partial charge in [0.05, 0.1) is 6.61 Å². The number of nitrogens with one attached hydrogen (secondary N) is 1. The SMILES string of the molecule is CCOC(=O)c1coc(NCCCCSC)n1. The van der Waals surface area contributed by atoms with Crippen LogP contribution in [0.5, 0.6) is 0 Å². The smallest absolute Gasteiger partial charge is 0.360 e. The molecular weight excluding hydrogens is 240 g/mol. The van der Waals surface area contributed by atoms with Gasteiger partial charge in [-0.1, -0.05) is 0 Å². The molecule has 0 aromatic carbocycles. The molecule has 0 aliphatic carbocycles. The summed E-state index contributed by atoms with van der Waals surface area (Å²) in [7, 11) is 0. The van der Waals surface area contributed by atoms with Crippen LogP contribution in [0.4, 0.5) is 6.01 Å². The van der Waals surface area contributed by atoms with Crippen molar-refractivity contribution in [2.24, 2.45) is 0 Å². The van der Waals surface area contributed by atoms with Crippen LogP contribution in [0.2, 0.25) is 0 Å². The third-order valence-electron chi connectivity index (χ3n) is 2.04. The highest BCUT2D eigenvalue weighted by Crippen LogP contribution is 2.09. The highest BCUT2D eigenvalue weighted by atomic mass is 32.2. The molecule has 0 bridgehead atoms. The van der Waals surface area contributed by atoms with Crippen molar-refractivity contribution in [3.8, 4) is 0 Å². The zero-order valence-corrected chi connectivity index (χ0v) is 11.0. The van der Waals surface area contributed by atoms with Gasteiger partial charge < -0.3 is 14.5 Å². The Labute approximate surface area is 105 Å². The number of oxazole rings is 1. The average molecular weight is 258 g/mol. The molecule has 0 atom stereocenters. The van der Waals surface area contributed by atoms with Crippen molar-refractivity contribution in [2.75, 3.05) is 30.5 Å². The Morgan fingerprint density at radius 1 is 1.59 bits per heavy atom. The second kappa shape index (κ2) is 8.00. The highest BCUT2D eigenvalue weighted by Gasteiger charge is 2.12. The lowest BCUT2D eigenvalue weighted by Crippen LogP contribution is -2.06. The number of aromatic nitrogens is 1. The number of unbranched alkanes of at least 4 members (excludes halogenated alkanes) is 1. The molecule has 0 amide bonds. The standard InChI is InChI=1S/C11H18N2O3S/c1-3-15-10(14)9-8-16-11(13-9)12-6-4-5-7-17-2/h8H,3-7H2,1-2H3,(H,12,13). The number of ether oxygens (including phenoxy) is 1. The maximum absolute atomic E-state index is 11.3. The van der Waals surface area contributed by atoms with E-state index in [1.54, 1.807) is 6.92 Å². The summed E-state index contributed by atoms with van der Waals surface area (Å²) in [5.41, 5.74) is 0.207. The largest absolute Gasteiger partial charge is 0.461 e. The first-order valence-electron chi connectivity index (χ1n) is 5.63. The Morgan fingerprint density at radius 3 is 3.12 bits per heavy atom. The number of rotatable bonds is 8. The quantitative estimate of drug-likeness (QED) is 0.570. The molecule has 1 aromatic heterocycles. The first-order chi connectivity index (χ1) is 8.27. The van der Waals surface area contributed by atoms with E-state index in [0.717, 1.165) is 25.1 Å². The number of nitrogens with zero attached hydrogens (tertiary/aromatic N) is 1. The second-order valence-corrected chi connectivity index (χ2v) is 4.37.